The van der Waals surface area contributed by atoms with E-state index in [1.807, 2.05) is 0 Å². The van der Waals surface area contributed by atoms with Gasteiger partial charge in [-0.15, -0.1) is 0 Å². The molecule has 0 bridgehead atoms. The zero-order valence-corrected chi connectivity index (χ0v) is 10.9. The Morgan fingerprint density at radius 2 is 2.00 bits per heavy atom. The maximum Gasteiger partial charge on any atom is 0.0480 e. The maximum absolute atomic E-state index is 5.42. The van der Waals surface area contributed by atoms with Gasteiger partial charge in [0.15, 0.2) is 0 Å². The van der Waals surface area contributed by atoms with Crippen molar-refractivity contribution in [3.63, 3.8) is 0 Å². The molecule has 0 aromatic carbocycles. The fourth-order valence-electron chi connectivity index (χ4n) is 2.61. The molecule has 0 radical (unpaired) electrons. The Hall–Kier alpha value is 0.650. The van der Waals surface area contributed by atoms with Gasteiger partial charge in [-0.1, -0.05) is 22.6 Å². The van der Waals surface area contributed by atoms with Gasteiger partial charge in [0.2, 0.25) is 0 Å². The quantitative estimate of drug-likeness (QED) is 0.573. The van der Waals surface area contributed by atoms with Gasteiger partial charge in [-0.3, -0.25) is 4.90 Å². The molecule has 0 amide bonds. The standard InChI is InChI=1S/C11H20INO/c12-8-10-2-1-5-13(9-10)11-3-6-14-7-4-11/h10-11H,1-9H2. The molecule has 0 N–H and O–H groups in total. The number of hydrogen-bond donors (Lipinski definition) is 0. The second-order valence-electron chi connectivity index (χ2n) is 4.50. The molecule has 82 valence electrons. The summed E-state index contributed by atoms with van der Waals surface area (Å²) < 4.78 is 6.75. The summed E-state index contributed by atoms with van der Waals surface area (Å²) in [6, 6.07) is 0.828. The lowest BCUT2D eigenvalue weighted by atomic mass is 9.96. The molecule has 0 spiro atoms. The molecular weight excluding hydrogens is 289 g/mol. The molecule has 1 unspecified atom stereocenters. The van der Waals surface area contributed by atoms with E-state index < -0.39 is 0 Å². The minimum Gasteiger partial charge on any atom is -0.381 e. The van der Waals surface area contributed by atoms with E-state index in [2.05, 4.69) is 27.5 Å². The second kappa shape index (κ2) is 5.66. The monoisotopic (exact) mass is 309 g/mol. The summed E-state index contributed by atoms with van der Waals surface area (Å²) in [6.45, 7) is 4.64. The van der Waals surface area contributed by atoms with Gasteiger partial charge in [-0.25, -0.2) is 0 Å². The van der Waals surface area contributed by atoms with Crippen molar-refractivity contribution in [2.45, 2.75) is 31.7 Å². The largest absolute Gasteiger partial charge is 0.381 e. The van der Waals surface area contributed by atoms with Crippen molar-refractivity contribution in [1.82, 2.24) is 4.90 Å². The van der Waals surface area contributed by atoms with E-state index in [0.717, 1.165) is 25.2 Å². The summed E-state index contributed by atoms with van der Waals surface area (Å²) in [5.74, 6) is 0.951. The van der Waals surface area contributed by atoms with Crippen LogP contribution >= 0.6 is 22.6 Å². The van der Waals surface area contributed by atoms with Gasteiger partial charge in [0.1, 0.15) is 0 Å². The van der Waals surface area contributed by atoms with Crippen molar-refractivity contribution >= 4 is 22.6 Å². The van der Waals surface area contributed by atoms with E-state index in [1.54, 1.807) is 0 Å². The van der Waals surface area contributed by atoms with Crippen LogP contribution in [0.1, 0.15) is 25.7 Å². The van der Waals surface area contributed by atoms with Crippen LogP contribution < -0.4 is 0 Å². The molecule has 0 saturated carbocycles. The Kier molecular flexibility index (Phi) is 4.50. The number of nitrogens with zero attached hydrogens (tertiary/aromatic N) is 1. The number of piperidine rings is 1. The summed E-state index contributed by atoms with van der Waals surface area (Å²) in [6.07, 6.45) is 5.37. The third-order valence-electron chi connectivity index (χ3n) is 3.48. The van der Waals surface area contributed by atoms with Gasteiger partial charge >= 0.3 is 0 Å². The number of hydrogen-bond acceptors (Lipinski definition) is 2. The summed E-state index contributed by atoms with van der Waals surface area (Å²) in [5, 5.41) is 0. The van der Waals surface area contributed by atoms with Crippen LogP contribution in [0.25, 0.3) is 0 Å². The molecule has 0 aromatic heterocycles. The molecule has 2 aliphatic rings. The molecular formula is C11H20INO. The third-order valence-corrected chi connectivity index (χ3v) is 4.72. The van der Waals surface area contributed by atoms with Crippen molar-refractivity contribution in [2.75, 3.05) is 30.7 Å². The predicted octanol–water partition coefficient (Wildman–Crippen LogP) is 2.31. The van der Waals surface area contributed by atoms with E-state index in [1.165, 1.54) is 43.2 Å². The van der Waals surface area contributed by atoms with Gasteiger partial charge in [0.25, 0.3) is 0 Å². The van der Waals surface area contributed by atoms with Crippen molar-refractivity contribution < 1.29 is 4.74 Å². The first-order valence-electron chi connectivity index (χ1n) is 5.78. The van der Waals surface area contributed by atoms with Gasteiger partial charge in [0, 0.05) is 30.2 Å². The topological polar surface area (TPSA) is 12.5 Å². The Labute approximate surface area is 101 Å². The summed E-state index contributed by atoms with van der Waals surface area (Å²) in [7, 11) is 0. The Morgan fingerprint density at radius 1 is 1.21 bits per heavy atom. The van der Waals surface area contributed by atoms with Crippen LogP contribution in [0, 0.1) is 5.92 Å². The average molecular weight is 309 g/mol. The van der Waals surface area contributed by atoms with Gasteiger partial charge < -0.3 is 4.74 Å². The fraction of sp³-hybridized carbons (Fsp3) is 1.00. The van der Waals surface area contributed by atoms with Gasteiger partial charge in [0.05, 0.1) is 0 Å². The summed E-state index contributed by atoms with van der Waals surface area (Å²) >= 11 is 2.54. The van der Waals surface area contributed by atoms with Crippen molar-refractivity contribution in [3.05, 3.63) is 0 Å². The average Bonchev–Trinajstić information content (AvgIpc) is 2.30. The zero-order chi connectivity index (χ0) is 9.80. The van der Waals surface area contributed by atoms with Crippen molar-refractivity contribution in [3.8, 4) is 0 Å². The van der Waals surface area contributed by atoms with Crippen LogP contribution in [0.2, 0.25) is 0 Å². The van der Waals surface area contributed by atoms with Gasteiger partial charge in [-0.05, 0) is 38.1 Å². The van der Waals surface area contributed by atoms with Crippen LogP contribution in [0.4, 0.5) is 0 Å². The lowest BCUT2D eigenvalue weighted by Crippen LogP contribution is -2.45. The number of alkyl halides is 1. The number of rotatable bonds is 2. The van der Waals surface area contributed by atoms with E-state index in [4.69, 9.17) is 4.74 Å². The molecule has 2 aliphatic heterocycles. The van der Waals surface area contributed by atoms with Gasteiger partial charge in [-0.2, -0.15) is 0 Å². The van der Waals surface area contributed by atoms with E-state index in [9.17, 15) is 0 Å². The van der Waals surface area contributed by atoms with Crippen LogP contribution in [-0.2, 0) is 4.74 Å². The number of halogens is 1. The first kappa shape index (κ1) is 11.1. The van der Waals surface area contributed by atoms with E-state index in [0.29, 0.717) is 0 Å². The molecule has 0 aliphatic carbocycles. The van der Waals surface area contributed by atoms with Crippen LogP contribution in [0.5, 0.6) is 0 Å². The predicted molar refractivity (Wildman–Crippen MR) is 67.0 cm³/mol. The molecule has 2 fully saturated rings. The van der Waals surface area contributed by atoms with E-state index >= 15 is 0 Å². The molecule has 3 heteroatoms. The smallest absolute Gasteiger partial charge is 0.0480 e. The fourth-order valence-corrected chi connectivity index (χ4v) is 3.32. The molecule has 1 atom stereocenters. The lowest BCUT2D eigenvalue weighted by molar-refractivity contribution is 0.0201. The van der Waals surface area contributed by atoms with Crippen LogP contribution in [0.3, 0.4) is 0 Å². The normalized spacial score (nSPS) is 31.9. The van der Waals surface area contributed by atoms with Crippen molar-refractivity contribution in [2.24, 2.45) is 5.92 Å². The molecule has 14 heavy (non-hydrogen) atoms. The summed E-state index contributed by atoms with van der Waals surface area (Å²) in [5.41, 5.74) is 0. The Bertz CT molecular complexity index is 171. The first-order valence-corrected chi connectivity index (χ1v) is 7.30. The maximum atomic E-state index is 5.42. The molecule has 2 nitrogen and oxygen atoms in total. The highest BCUT2D eigenvalue weighted by molar-refractivity contribution is 14.1. The molecule has 2 saturated heterocycles. The molecule has 2 heterocycles. The second-order valence-corrected chi connectivity index (χ2v) is 5.38. The third kappa shape index (κ3) is 2.83. The van der Waals surface area contributed by atoms with Crippen LogP contribution in [0.15, 0.2) is 0 Å². The minimum absolute atomic E-state index is 0.828. The zero-order valence-electron chi connectivity index (χ0n) is 8.75. The molecule has 0 aromatic rings. The summed E-state index contributed by atoms with van der Waals surface area (Å²) in [4.78, 5) is 2.72. The number of ether oxygens (including phenoxy) is 1. The highest BCUT2D eigenvalue weighted by Gasteiger charge is 2.26. The van der Waals surface area contributed by atoms with E-state index in [-0.39, 0.29) is 0 Å². The Morgan fingerprint density at radius 3 is 2.71 bits per heavy atom. The molecule has 2 rings (SSSR count). The minimum atomic E-state index is 0.828. The highest BCUT2D eigenvalue weighted by Crippen LogP contribution is 2.23. The lowest BCUT2D eigenvalue weighted by Gasteiger charge is -2.39. The van der Waals surface area contributed by atoms with Crippen LogP contribution in [-0.4, -0.2) is 41.7 Å². The highest BCUT2D eigenvalue weighted by atomic mass is 127. The van der Waals surface area contributed by atoms with Crippen molar-refractivity contribution in [1.29, 1.82) is 0 Å². The first-order chi connectivity index (χ1) is 6.90. The number of likely N-dealkylation sites (tertiary alicyclic amines) is 1. The Balaban J connectivity index is 1.83. The SMILES string of the molecule is ICC1CCCN(C2CCOCC2)C1.